The smallest absolute Gasteiger partial charge is 0.170 e. The Morgan fingerprint density at radius 3 is 2.86 bits per heavy atom. The van der Waals surface area contributed by atoms with Gasteiger partial charge in [0.2, 0.25) is 0 Å². The third-order valence-corrected chi connectivity index (χ3v) is 4.62. The maximum Gasteiger partial charge on any atom is 0.170 e. The molecule has 0 fully saturated rings. The van der Waals surface area contributed by atoms with Crippen LogP contribution < -0.4 is 9.47 Å². The summed E-state index contributed by atoms with van der Waals surface area (Å²) >= 11 is 0. The first-order valence-electron chi connectivity index (χ1n) is 8.85. The molecule has 4 nitrogen and oxygen atoms in total. The number of halogens is 2. The van der Waals surface area contributed by atoms with Gasteiger partial charge in [0.25, 0.3) is 0 Å². The highest BCUT2D eigenvalue weighted by Gasteiger charge is 2.25. The Morgan fingerprint density at radius 2 is 2.04 bits per heavy atom. The highest BCUT2D eigenvalue weighted by Crippen LogP contribution is 2.37. The van der Waals surface area contributed by atoms with Gasteiger partial charge in [-0.1, -0.05) is 12.1 Å². The number of ether oxygens (including phenoxy) is 2. The maximum absolute atomic E-state index is 14.5. The normalized spacial score (nSPS) is 13.0. The number of Topliss-reactive ketones (excluding diaryl/α,β-unsaturated/α-hetero) is 1. The number of hydrogen-bond donors (Lipinski definition) is 0. The van der Waals surface area contributed by atoms with E-state index in [1.165, 1.54) is 18.2 Å². The van der Waals surface area contributed by atoms with Crippen LogP contribution in [0, 0.1) is 18.6 Å². The molecule has 2 heterocycles. The molecular weight excluding hydrogens is 364 g/mol. The largest absolute Gasteiger partial charge is 0.492 e. The van der Waals surface area contributed by atoms with Crippen LogP contribution in [0.25, 0.3) is 11.3 Å². The summed E-state index contributed by atoms with van der Waals surface area (Å²) in [7, 11) is 0. The molecule has 1 aromatic heterocycles. The van der Waals surface area contributed by atoms with Crippen molar-refractivity contribution in [1.29, 1.82) is 0 Å². The van der Waals surface area contributed by atoms with Crippen molar-refractivity contribution >= 4 is 5.78 Å². The molecule has 3 aromatic rings. The molecule has 142 valence electrons. The predicted octanol–water partition coefficient (Wildman–Crippen LogP) is 4.88. The number of nitrogens with zero attached hydrogens (tertiary/aromatic N) is 1. The molecule has 0 bridgehead atoms. The lowest BCUT2D eigenvalue weighted by Gasteiger charge is -2.21. The van der Waals surface area contributed by atoms with Crippen molar-refractivity contribution in [2.75, 3.05) is 6.61 Å². The summed E-state index contributed by atoms with van der Waals surface area (Å²) in [4.78, 5) is 16.2. The number of benzene rings is 2. The van der Waals surface area contributed by atoms with Gasteiger partial charge in [-0.05, 0) is 42.8 Å². The first-order valence-corrected chi connectivity index (χ1v) is 8.85. The monoisotopic (exact) mass is 381 g/mol. The summed E-state index contributed by atoms with van der Waals surface area (Å²) in [6.45, 7) is 2.04. The second kappa shape index (κ2) is 7.38. The average molecular weight is 381 g/mol. The fourth-order valence-electron chi connectivity index (χ4n) is 3.22. The molecule has 6 heteroatoms. The van der Waals surface area contributed by atoms with Gasteiger partial charge in [0.15, 0.2) is 17.3 Å². The highest BCUT2D eigenvalue weighted by molar-refractivity contribution is 6.00. The van der Waals surface area contributed by atoms with Crippen LogP contribution in [0.3, 0.4) is 0 Å². The summed E-state index contributed by atoms with van der Waals surface area (Å²) in [6, 6.07) is 10.8. The van der Waals surface area contributed by atoms with Crippen LogP contribution in [-0.4, -0.2) is 17.4 Å². The fourth-order valence-corrected chi connectivity index (χ4v) is 3.22. The molecule has 1 aliphatic heterocycles. The molecule has 0 saturated heterocycles. The van der Waals surface area contributed by atoms with Crippen LogP contribution >= 0.6 is 0 Å². The first-order chi connectivity index (χ1) is 13.5. The zero-order chi connectivity index (χ0) is 19.7. The average Bonchev–Trinajstić information content (AvgIpc) is 2.69. The Balaban J connectivity index is 1.59. The summed E-state index contributed by atoms with van der Waals surface area (Å²) in [6.07, 6.45) is 1.84. The molecule has 0 spiro atoms. The van der Waals surface area contributed by atoms with Crippen LogP contribution in [0.4, 0.5) is 8.78 Å². The van der Waals surface area contributed by atoms with Crippen LogP contribution in [0.5, 0.6) is 11.5 Å². The van der Waals surface area contributed by atoms with E-state index in [1.54, 1.807) is 37.4 Å². The van der Waals surface area contributed by atoms with E-state index >= 15 is 0 Å². The number of carbonyl (C=O) groups excluding carboxylic acids is 1. The van der Waals surface area contributed by atoms with Gasteiger partial charge in [0, 0.05) is 23.7 Å². The number of fused-ring (bicyclic) bond motifs is 1. The van der Waals surface area contributed by atoms with Crippen molar-refractivity contribution in [3.05, 3.63) is 77.0 Å². The van der Waals surface area contributed by atoms with Gasteiger partial charge in [-0.25, -0.2) is 8.78 Å². The molecule has 0 atom stereocenters. The van der Waals surface area contributed by atoms with Gasteiger partial charge in [-0.15, -0.1) is 0 Å². The van der Waals surface area contributed by atoms with Crippen LogP contribution in [-0.2, 0) is 6.61 Å². The molecule has 0 amide bonds. The fraction of sp³-hybridized carbons (Fsp3) is 0.182. The quantitative estimate of drug-likeness (QED) is 0.646. The summed E-state index contributed by atoms with van der Waals surface area (Å²) in [5, 5.41) is 0. The SMILES string of the molecule is Cc1c(OCc2ccnc(-c3cccc(F)c3)c2)c(F)cc2c1OCCC2=O. The number of pyridine rings is 1. The maximum atomic E-state index is 14.5. The van der Waals surface area contributed by atoms with E-state index in [2.05, 4.69) is 4.98 Å². The molecule has 2 aromatic carbocycles. The van der Waals surface area contributed by atoms with Gasteiger partial charge in [-0.2, -0.15) is 0 Å². The van der Waals surface area contributed by atoms with E-state index in [4.69, 9.17) is 9.47 Å². The van der Waals surface area contributed by atoms with Crippen molar-refractivity contribution < 1.29 is 23.0 Å². The van der Waals surface area contributed by atoms with Crippen molar-refractivity contribution in [3.8, 4) is 22.8 Å². The second-order valence-corrected chi connectivity index (χ2v) is 6.56. The van der Waals surface area contributed by atoms with Crippen molar-refractivity contribution in [2.24, 2.45) is 0 Å². The van der Waals surface area contributed by atoms with Crippen LogP contribution in [0.15, 0.2) is 48.7 Å². The molecule has 0 aliphatic carbocycles. The van der Waals surface area contributed by atoms with E-state index < -0.39 is 5.82 Å². The molecular formula is C22H17F2NO3. The number of carbonyl (C=O) groups is 1. The lowest BCUT2D eigenvalue weighted by atomic mass is 10.0. The lowest BCUT2D eigenvalue weighted by molar-refractivity contribution is 0.0931. The number of ketones is 1. The van der Waals surface area contributed by atoms with Gasteiger partial charge in [0.05, 0.1) is 17.9 Å². The third kappa shape index (κ3) is 3.45. The topological polar surface area (TPSA) is 48.4 Å². The Morgan fingerprint density at radius 1 is 1.18 bits per heavy atom. The summed E-state index contributed by atoms with van der Waals surface area (Å²) in [5.74, 6) is -0.652. The van der Waals surface area contributed by atoms with Gasteiger partial charge in [-0.3, -0.25) is 9.78 Å². The van der Waals surface area contributed by atoms with Gasteiger partial charge >= 0.3 is 0 Å². The van der Waals surface area contributed by atoms with Crippen LogP contribution in [0.1, 0.15) is 27.9 Å². The molecule has 0 saturated carbocycles. The minimum atomic E-state index is -0.602. The molecule has 0 N–H and O–H groups in total. The first kappa shape index (κ1) is 18.1. The van der Waals surface area contributed by atoms with E-state index in [9.17, 15) is 13.6 Å². The Labute approximate surface area is 160 Å². The standard InChI is InChI=1S/C22H17F2NO3/c1-13-21-17(20(26)6-8-27-21)11-18(24)22(13)28-12-14-5-7-25-19(9-14)15-3-2-4-16(23)10-15/h2-5,7,9-11H,6,8,12H2,1H3. The van der Waals surface area contributed by atoms with Crippen LogP contribution in [0.2, 0.25) is 0 Å². The van der Waals surface area contributed by atoms with Crippen molar-refractivity contribution in [2.45, 2.75) is 20.0 Å². The van der Waals surface area contributed by atoms with E-state index in [0.717, 1.165) is 5.56 Å². The summed E-state index contributed by atoms with van der Waals surface area (Å²) < 4.78 is 39.2. The minimum absolute atomic E-state index is 0.0533. The number of aromatic nitrogens is 1. The van der Waals surface area contributed by atoms with Crippen molar-refractivity contribution in [1.82, 2.24) is 4.98 Å². The van der Waals surface area contributed by atoms with E-state index in [1.807, 2.05) is 0 Å². The highest BCUT2D eigenvalue weighted by atomic mass is 19.1. The predicted molar refractivity (Wildman–Crippen MR) is 99.5 cm³/mol. The number of rotatable bonds is 4. The molecule has 4 rings (SSSR count). The van der Waals surface area contributed by atoms with Gasteiger partial charge < -0.3 is 9.47 Å². The Bertz CT molecular complexity index is 1070. The van der Waals surface area contributed by atoms with Crippen molar-refractivity contribution in [3.63, 3.8) is 0 Å². The molecule has 0 unspecified atom stereocenters. The van der Waals surface area contributed by atoms with E-state index in [0.29, 0.717) is 22.6 Å². The third-order valence-electron chi connectivity index (χ3n) is 4.62. The summed E-state index contributed by atoms with van der Waals surface area (Å²) in [5.41, 5.74) is 2.71. The zero-order valence-electron chi connectivity index (χ0n) is 15.2. The molecule has 1 aliphatic rings. The second-order valence-electron chi connectivity index (χ2n) is 6.56. The Hall–Kier alpha value is -3.28. The van der Waals surface area contributed by atoms with Gasteiger partial charge in [0.1, 0.15) is 18.2 Å². The molecule has 0 radical (unpaired) electrons. The van der Waals surface area contributed by atoms with E-state index in [-0.39, 0.29) is 42.5 Å². The Kier molecular flexibility index (Phi) is 4.77. The number of hydrogen-bond acceptors (Lipinski definition) is 4. The molecule has 28 heavy (non-hydrogen) atoms. The lowest BCUT2D eigenvalue weighted by Crippen LogP contribution is -2.17. The zero-order valence-corrected chi connectivity index (χ0v) is 15.2. The minimum Gasteiger partial charge on any atom is -0.492 e.